The summed E-state index contributed by atoms with van der Waals surface area (Å²) in [5.41, 5.74) is -0.146. The van der Waals surface area contributed by atoms with Crippen LogP contribution in [-0.4, -0.2) is 13.1 Å². The monoisotopic (exact) mass is 259 g/mol. The first kappa shape index (κ1) is 15.0. The summed E-state index contributed by atoms with van der Waals surface area (Å²) in [5, 5.41) is 3.06. The van der Waals surface area contributed by atoms with Crippen LogP contribution < -0.4 is 5.32 Å². The van der Waals surface area contributed by atoms with E-state index in [0.29, 0.717) is 5.56 Å². The van der Waals surface area contributed by atoms with E-state index in [-0.39, 0.29) is 17.9 Å². The van der Waals surface area contributed by atoms with E-state index in [1.165, 1.54) is 6.07 Å². The van der Waals surface area contributed by atoms with E-state index in [4.69, 9.17) is 0 Å². The predicted octanol–water partition coefficient (Wildman–Crippen LogP) is 4.05. The molecule has 4 heteroatoms. The van der Waals surface area contributed by atoms with Crippen molar-refractivity contribution in [2.24, 2.45) is 5.92 Å². The minimum atomic E-state index is -4.29. The van der Waals surface area contributed by atoms with Gasteiger partial charge in [0, 0.05) is 12.0 Å². The van der Waals surface area contributed by atoms with Crippen LogP contribution in [0, 0.1) is 5.92 Å². The second kappa shape index (κ2) is 5.74. The highest BCUT2D eigenvalue weighted by atomic mass is 19.4. The summed E-state index contributed by atoms with van der Waals surface area (Å²) in [7, 11) is 1.77. The molecule has 0 bridgehead atoms. The summed E-state index contributed by atoms with van der Waals surface area (Å²) in [6.45, 7) is 5.81. The molecule has 2 atom stereocenters. The topological polar surface area (TPSA) is 12.0 Å². The van der Waals surface area contributed by atoms with Gasteiger partial charge >= 0.3 is 6.18 Å². The number of likely N-dealkylation sites (N-methyl/N-ethyl adjacent to an activating group) is 1. The van der Waals surface area contributed by atoms with Gasteiger partial charge in [-0.15, -0.1) is 0 Å². The fourth-order valence-electron chi connectivity index (χ4n) is 2.43. The Hall–Kier alpha value is -1.03. The number of hydrogen-bond acceptors (Lipinski definition) is 1. The molecule has 0 saturated heterocycles. The van der Waals surface area contributed by atoms with Crippen LogP contribution in [-0.2, 0) is 6.18 Å². The van der Waals surface area contributed by atoms with Crippen LogP contribution in [0.25, 0.3) is 0 Å². The van der Waals surface area contributed by atoms with Crippen molar-refractivity contribution in [3.63, 3.8) is 0 Å². The molecule has 0 fully saturated rings. The van der Waals surface area contributed by atoms with Gasteiger partial charge in [0.1, 0.15) is 0 Å². The predicted molar refractivity (Wildman–Crippen MR) is 67.5 cm³/mol. The van der Waals surface area contributed by atoms with Gasteiger partial charge in [0.2, 0.25) is 0 Å². The maximum absolute atomic E-state index is 13.0. The van der Waals surface area contributed by atoms with Gasteiger partial charge in [-0.3, -0.25) is 0 Å². The van der Waals surface area contributed by atoms with Crippen LogP contribution in [0.1, 0.15) is 37.8 Å². The average Bonchev–Trinajstić information content (AvgIpc) is 2.27. The lowest BCUT2D eigenvalue weighted by molar-refractivity contribution is -0.138. The smallest absolute Gasteiger partial charge is 0.317 e. The highest BCUT2D eigenvalue weighted by Gasteiger charge is 2.36. The minimum Gasteiger partial charge on any atom is -0.317 e. The summed E-state index contributed by atoms with van der Waals surface area (Å²) >= 11 is 0. The summed E-state index contributed by atoms with van der Waals surface area (Å²) in [5.74, 6) is -0.0243. The zero-order valence-corrected chi connectivity index (χ0v) is 11.2. The molecule has 1 nitrogen and oxygen atoms in total. The van der Waals surface area contributed by atoms with Gasteiger partial charge in [0.25, 0.3) is 0 Å². The van der Waals surface area contributed by atoms with Crippen molar-refractivity contribution >= 4 is 0 Å². The molecule has 0 spiro atoms. The van der Waals surface area contributed by atoms with Crippen molar-refractivity contribution in [1.82, 2.24) is 5.32 Å². The molecule has 0 amide bonds. The first-order chi connectivity index (χ1) is 8.29. The Morgan fingerprint density at radius 3 is 2.06 bits per heavy atom. The van der Waals surface area contributed by atoms with Gasteiger partial charge in [-0.1, -0.05) is 32.0 Å². The van der Waals surface area contributed by atoms with Crippen molar-refractivity contribution in [1.29, 1.82) is 0 Å². The highest BCUT2D eigenvalue weighted by molar-refractivity contribution is 5.34. The first-order valence-electron chi connectivity index (χ1n) is 6.12. The molecule has 1 aromatic rings. The Morgan fingerprint density at radius 2 is 1.61 bits per heavy atom. The van der Waals surface area contributed by atoms with Crippen LogP contribution in [0.2, 0.25) is 0 Å². The third kappa shape index (κ3) is 3.25. The molecule has 0 aliphatic rings. The summed E-state index contributed by atoms with van der Waals surface area (Å²) in [6, 6.07) is 5.85. The molecule has 0 aliphatic heterocycles. The Kier molecular flexibility index (Phi) is 4.79. The van der Waals surface area contributed by atoms with Crippen molar-refractivity contribution in [3.05, 3.63) is 35.4 Å². The molecule has 0 aromatic heterocycles. The third-order valence-corrected chi connectivity index (χ3v) is 3.34. The number of nitrogens with one attached hydrogen (secondary N) is 1. The molecule has 1 rings (SSSR count). The van der Waals surface area contributed by atoms with Crippen molar-refractivity contribution in [2.75, 3.05) is 7.05 Å². The number of benzene rings is 1. The largest absolute Gasteiger partial charge is 0.416 e. The van der Waals surface area contributed by atoms with Gasteiger partial charge < -0.3 is 5.32 Å². The first-order valence-corrected chi connectivity index (χ1v) is 6.12. The molecule has 0 radical (unpaired) electrons. The van der Waals surface area contributed by atoms with Crippen molar-refractivity contribution < 1.29 is 13.2 Å². The average molecular weight is 259 g/mol. The van der Waals surface area contributed by atoms with Gasteiger partial charge in [0.05, 0.1) is 5.56 Å². The fourth-order valence-corrected chi connectivity index (χ4v) is 2.43. The molecule has 2 unspecified atom stereocenters. The Bertz CT molecular complexity index is 385. The maximum atomic E-state index is 13.0. The number of rotatable bonds is 4. The maximum Gasteiger partial charge on any atom is 0.416 e. The molecular formula is C14H20F3N. The van der Waals surface area contributed by atoms with E-state index < -0.39 is 11.7 Å². The normalized spacial score (nSPS) is 15.8. The molecule has 0 heterocycles. The Balaban J connectivity index is 3.29. The zero-order valence-electron chi connectivity index (χ0n) is 11.2. The van der Waals surface area contributed by atoms with E-state index in [9.17, 15) is 13.2 Å². The lowest BCUT2D eigenvalue weighted by Crippen LogP contribution is -2.33. The number of hydrogen-bond donors (Lipinski definition) is 1. The molecular weight excluding hydrogens is 239 g/mol. The van der Waals surface area contributed by atoms with Gasteiger partial charge in [-0.25, -0.2) is 0 Å². The second-order valence-electron chi connectivity index (χ2n) is 4.93. The fraction of sp³-hybridized carbons (Fsp3) is 0.571. The molecule has 1 N–H and O–H groups in total. The van der Waals surface area contributed by atoms with Crippen molar-refractivity contribution in [3.8, 4) is 0 Å². The Labute approximate surface area is 106 Å². The molecule has 18 heavy (non-hydrogen) atoms. The minimum absolute atomic E-state index is 0.00602. The molecule has 0 aliphatic carbocycles. The third-order valence-electron chi connectivity index (χ3n) is 3.34. The standard InChI is InChI=1S/C14H20F3N/c1-9(2)13(10(3)18-4)11-7-5-6-8-12(11)14(15,16)17/h5-10,13,18H,1-4H3. The van der Waals surface area contributed by atoms with Crippen LogP contribution in [0.4, 0.5) is 13.2 Å². The number of halogens is 3. The van der Waals surface area contributed by atoms with Crippen LogP contribution in [0.3, 0.4) is 0 Å². The summed E-state index contributed by atoms with van der Waals surface area (Å²) in [4.78, 5) is 0. The van der Waals surface area contributed by atoms with E-state index in [2.05, 4.69) is 5.32 Å². The lowest BCUT2D eigenvalue weighted by atomic mass is 9.81. The van der Waals surface area contributed by atoms with Crippen LogP contribution in [0.15, 0.2) is 24.3 Å². The van der Waals surface area contributed by atoms with E-state index in [1.807, 2.05) is 20.8 Å². The van der Waals surface area contributed by atoms with Gasteiger partial charge in [-0.2, -0.15) is 13.2 Å². The van der Waals surface area contributed by atoms with Crippen molar-refractivity contribution in [2.45, 2.75) is 38.9 Å². The number of alkyl halides is 3. The summed E-state index contributed by atoms with van der Waals surface area (Å²) < 4.78 is 39.1. The lowest BCUT2D eigenvalue weighted by Gasteiger charge is -2.30. The quantitative estimate of drug-likeness (QED) is 0.860. The van der Waals surface area contributed by atoms with Gasteiger partial charge in [0.15, 0.2) is 0 Å². The van der Waals surface area contributed by atoms with Crippen LogP contribution in [0.5, 0.6) is 0 Å². The van der Waals surface area contributed by atoms with E-state index in [1.54, 1.807) is 19.2 Å². The SMILES string of the molecule is CNC(C)C(c1ccccc1C(F)(F)F)C(C)C. The molecule has 1 aromatic carbocycles. The zero-order chi connectivity index (χ0) is 13.9. The molecule has 102 valence electrons. The highest BCUT2D eigenvalue weighted by Crippen LogP contribution is 2.38. The Morgan fingerprint density at radius 1 is 1.06 bits per heavy atom. The van der Waals surface area contributed by atoms with Crippen LogP contribution >= 0.6 is 0 Å². The van der Waals surface area contributed by atoms with E-state index in [0.717, 1.165) is 6.07 Å². The molecule has 0 saturated carbocycles. The summed E-state index contributed by atoms with van der Waals surface area (Å²) in [6.07, 6.45) is -4.29. The van der Waals surface area contributed by atoms with E-state index >= 15 is 0 Å². The second-order valence-corrected chi connectivity index (χ2v) is 4.93. The van der Waals surface area contributed by atoms with Gasteiger partial charge in [-0.05, 0) is 31.5 Å².